The summed E-state index contributed by atoms with van der Waals surface area (Å²) in [5.74, 6) is 1.50. The molecule has 0 unspecified atom stereocenters. The van der Waals surface area contributed by atoms with Crippen LogP contribution in [0.15, 0.2) is 63.5 Å². The quantitative estimate of drug-likeness (QED) is 0.346. The number of hydrogen-bond acceptors (Lipinski definition) is 8. The smallest absolute Gasteiger partial charge is 0.271 e. The van der Waals surface area contributed by atoms with Crippen LogP contribution in [0, 0.1) is 0 Å². The van der Waals surface area contributed by atoms with Gasteiger partial charge in [-0.05, 0) is 75.6 Å². The van der Waals surface area contributed by atoms with Gasteiger partial charge in [0.1, 0.15) is 23.3 Å². The van der Waals surface area contributed by atoms with Gasteiger partial charge in [-0.25, -0.2) is 4.99 Å². The molecule has 0 saturated carbocycles. The van der Waals surface area contributed by atoms with E-state index in [0.717, 1.165) is 31.5 Å². The van der Waals surface area contributed by atoms with Gasteiger partial charge in [0, 0.05) is 31.7 Å². The number of benzene rings is 2. The molecule has 1 fully saturated rings. The molecule has 0 aliphatic carbocycles. The van der Waals surface area contributed by atoms with E-state index in [1.54, 1.807) is 61.0 Å². The van der Waals surface area contributed by atoms with Gasteiger partial charge in [-0.15, -0.1) is 0 Å². The third-order valence-electron chi connectivity index (χ3n) is 8.03. The SMILES string of the molecule is CCN(CC)C(=O)C1=C(C)N=c2s/c(=C\c3ccc(OCC(=O)N4CCCC4)cc3)c(=O)n2[C@@H]1c1cc(OC)ccc1OC. The van der Waals surface area contributed by atoms with Crippen LogP contribution in [0.2, 0.25) is 0 Å². The molecule has 2 amide bonds. The minimum atomic E-state index is -0.768. The van der Waals surface area contributed by atoms with E-state index in [1.807, 2.05) is 36.9 Å². The van der Waals surface area contributed by atoms with Crippen molar-refractivity contribution in [3.8, 4) is 17.2 Å². The lowest BCUT2D eigenvalue weighted by Gasteiger charge is -2.30. The van der Waals surface area contributed by atoms with Gasteiger partial charge < -0.3 is 24.0 Å². The first-order valence-corrected chi connectivity index (χ1v) is 15.7. The number of fused-ring (bicyclic) bond motifs is 1. The molecule has 1 aromatic heterocycles. The second-order valence-corrected chi connectivity index (χ2v) is 11.6. The minimum absolute atomic E-state index is 0.000421. The maximum Gasteiger partial charge on any atom is 0.271 e. The summed E-state index contributed by atoms with van der Waals surface area (Å²) >= 11 is 1.26. The molecule has 1 atom stereocenters. The van der Waals surface area contributed by atoms with Gasteiger partial charge in [-0.2, -0.15) is 0 Å². The van der Waals surface area contributed by atoms with Crippen LogP contribution in [-0.4, -0.2) is 73.2 Å². The minimum Gasteiger partial charge on any atom is -0.497 e. The summed E-state index contributed by atoms with van der Waals surface area (Å²) in [6.45, 7) is 8.27. The van der Waals surface area contributed by atoms with E-state index in [0.29, 0.717) is 56.5 Å². The lowest BCUT2D eigenvalue weighted by atomic mass is 9.93. The standard InChI is InChI=1S/C33H38N4O6S/c1-6-35(7-2)32(40)29-21(3)34-33-37(30(29)25-19-24(41-4)14-15-26(25)42-5)31(39)27(44-33)18-22-10-12-23(13-11-22)43-20-28(38)36-16-8-9-17-36/h10-15,18-19,30H,6-9,16-17,20H2,1-5H3/b27-18-/t30-/m1/s1. The van der Waals surface area contributed by atoms with Crippen LogP contribution < -0.4 is 29.1 Å². The Balaban J connectivity index is 1.54. The van der Waals surface area contributed by atoms with Crippen molar-refractivity contribution in [1.29, 1.82) is 0 Å². The van der Waals surface area contributed by atoms with E-state index < -0.39 is 6.04 Å². The number of ether oxygens (including phenoxy) is 3. The second-order valence-electron chi connectivity index (χ2n) is 10.6. The molecule has 3 heterocycles. The van der Waals surface area contributed by atoms with Crippen molar-refractivity contribution >= 4 is 29.2 Å². The summed E-state index contributed by atoms with van der Waals surface area (Å²) in [5, 5.41) is 0. The summed E-state index contributed by atoms with van der Waals surface area (Å²) in [4.78, 5) is 49.1. The largest absolute Gasteiger partial charge is 0.497 e. The van der Waals surface area contributed by atoms with E-state index in [1.165, 1.54) is 11.3 Å². The number of aromatic nitrogens is 1. The van der Waals surface area contributed by atoms with Gasteiger partial charge in [0.15, 0.2) is 11.4 Å². The molecule has 0 N–H and O–H groups in total. The molecule has 2 aliphatic heterocycles. The van der Waals surface area contributed by atoms with Gasteiger partial charge >= 0.3 is 0 Å². The molecule has 1 saturated heterocycles. The number of likely N-dealkylation sites (tertiary alicyclic amines) is 1. The predicted octanol–water partition coefficient (Wildman–Crippen LogP) is 3.12. The average Bonchev–Trinajstić information content (AvgIpc) is 3.68. The average molecular weight is 619 g/mol. The summed E-state index contributed by atoms with van der Waals surface area (Å²) in [5.41, 5.74) is 2.13. The third-order valence-corrected chi connectivity index (χ3v) is 9.02. The number of allylic oxidation sites excluding steroid dienone is 1. The maximum atomic E-state index is 14.1. The van der Waals surface area contributed by atoms with Crippen LogP contribution >= 0.6 is 11.3 Å². The predicted molar refractivity (Wildman–Crippen MR) is 169 cm³/mol. The topological polar surface area (TPSA) is 103 Å². The Morgan fingerprint density at radius 1 is 1.02 bits per heavy atom. The van der Waals surface area contributed by atoms with Crippen molar-refractivity contribution in [3.05, 3.63) is 84.5 Å². The first-order chi connectivity index (χ1) is 21.3. The van der Waals surface area contributed by atoms with Crippen molar-refractivity contribution in [2.45, 2.75) is 39.7 Å². The van der Waals surface area contributed by atoms with Crippen LogP contribution in [0.3, 0.4) is 0 Å². The first-order valence-electron chi connectivity index (χ1n) is 14.8. The summed E-state index contributed by atoms with van der Waals surface area (Å²) in [6, 6.07) is 11.9. The van der Waals surface area contributed by atoms with Crippen molar-refractivity contribution in [2.24, 2.45) is 4.99 Å². The highest BCUT2D eigenvalue weighted by Crippen LogP contribution is 2.38. The van der Waals surface area contributed by atoms with Gasteiger partial charge in [-0.3, -0.25) is 19.0 Å². The second kappa shape index (κ2) is 13.5. The highest BCUT2D eigenvalue weighted by molar-refractivity contribution is 7.07. The highest BCUT2D eigenvalue weighted by atomic mass is 32.1. The third kappa shape index (κ3) is 6.14. The number of amides is 2. The molecule has 3 aromatic rings. The number of methoxy groups -OCH3 is 2. The fourth-order valence-electron chi connectivity index (χ4n) is 5.64. The van der Waals surface area contributed by atoms with Crippen LogP contribution in [0.5, 0.6) is 17.2 Å². The number of thiazole rings is 1. The zero-order chi connectivity index (χ0) is 31.4. The highest BCUT2D eigenvalue weighted by Gasteiger charge is 2.36. The van der Waals surface area contributed by atoms with E-state index in [4.69, 9.17) is 19.2 Å². The van der Waals surface area contributed by atoms with Gasteiger partial charge in [-0.1, -0.05) is 23.5 Å². The fraction of sp³-hybridized carbons (Fsp3) is 0.394. The molecule has 232 valence electrons. The lowest BCUT2D eigenvalue weighted by Crippen LogP contribution is -2.43. The number of carbonyl (C=O) groups excluding carboxylic acids is 2. The van der Waals surface area contributed by atoms with Gasteiger partial charge in [0.2, 0.25) is 0 Å². The van der Waals surface area contributed by atoms with E-state index >= 15 is 0 Å². The van der Waals surface area contributed by atoms with Crippen molar-refractivity contribution in [1.82, 2.24) is 14.4 Å². The molecule has 44 heavy (non-hydrogen) atoms. The molecule has 10 nitrogen and oxygen atoms in total. The number of rotatable bonds is 10. The Labute approximate surface area is 260 Å². The fourth-order valence-corrected chi connectivity index (χ4v) is 6.68. The molecule has 0 spiro atoms. The Hall–Kier alpha value is -4.38. The molecule has 2 aliphatic rings. The van der Waals surface area contributed by atoms with Crippen LogP contribution in [-0.2, 0) is 9.59 Å². The van der Waals surface area contributed by atoms with Gasteiger partial charge in [0.25, 0.3) is 17.4 Å². The number of nitrogens with zero attached hydrogens (tertiary/aromatic N) is 4. The van der Waals surface area contributed by atoms with E-state index in [2.05, 4.69) is 0 Å². The van der Waals surface area contributed by atoms with Crippen molar-refractivity contribution in [3.63, 3.8) is 0 Å². The zero-order valence-electron chi connectivity index (χ0n) is 25.8. The monoisotopic (exact) mass is 618 g/mol. The first kappa shape index (κ1) is 31.1. The van der Waals surface area contributed by atoms with E-state index in [-0.39, 0.29) is 24.0 Å². The van der Waals surface area contributed by atoms with Crippen LogP contribution in [0.25, 0.3) is 6.08 Å². The number of carbonyl (C=O) groups is 2. The van der Waals surface area contributed by atoms with Crippen LogP contribution in [0.4, 0.5) is 0 Å². The van der Waals surface area contributed by atoms with Crippen molar-refractivity contribution < 1.29 is 23.8 Å². The summed E-state index contributed by atoms with van der Waals surface area (Å²) in [6.07, 6.45) is 3.87. The molecule has 5 rings (SSSR count). The number of likely N-dealkylation sites (N-methyl/N-ethyl adjacent to an activating group) is 1. The lowest BCUT2D eigenvalue weighted by molar-refractivity contribution is -0.132. The Morgan fingerprint density at radius 2 is 1.70 bits per heavy atom. The molecule has 11 heteroatoms. The molecule has 2 aromatic carbocycles. The summed E-state index contributed by atoms with van der Waals surface area (Å²) < 4.78 is 19.0. The Bertz CT molecular complexity index is 1750. The molecule has 0 radical (unpaired) electrons. The Morgan fingerprint density at radius 3 is 2.34 bits per heavy atom. The van der Waals surface area contributed by atoms with Crippen LogP contribution in [0.1, 0.15) is 50.8 Å². The molecule has 0 bridgehead atoms. The molecular weight excluding hydrogens is 580 g/mol. The van der Waals surface area contributed by atoms with E-state index in [9.17, 15) is 14.4 Å². The van der Waals surface area contributed by atoms with Gasteiger partial charge in [0.05, 0.1) is 30.0 Å². The van der Waals surface area contributed by atoms with Crippen molar-refractivity contribution in [2.75, 3.05) is 47.0 Å². The summed E-state index contributed by atoms with van der Waals surface area (Å²) in [7, 11) is 3.13. The Kier molecular flexibility index (Phi) is 9.53. The zero-order valence-corrected chi connectivity index (χ0v) is 26.6. The normalized spacial score (nSPS) is 16.4. The number of hydrogen-bond donors (Lipinski definition) is 0. The molecular formula is C33H38N4O6S. The maximum absolute atomic E-state index is 14.1.